The lowest BCUT2D eigenvalue weighted by atomic mass is 10.1. The molecule has 0 amide bonds. The van der Waals surface area contributed by atoms with Crippen molar-refractivity contribution in [2.75, 3.05) is 5.32 Å². The number of imidazole rings is 1. The molecule has 2 aromatic heterocycles. The van der Waals surface area contributed by atoms with Crippen LogP contribution in [-0.4, -0.2) is 25.6 Å². The van der Waals surface area contributed by atoms with Gasteiger partial charge in [0.25, 0.3) is 0 Å². The van der Waals surface area contributed by atoms with Gasteiger partial charge >= 0.3 is 5.97 Å². The third-order valence-corrected chi connectivity index (χ3v) is 6.99. The molecule has 6 heteroatoms. The highest BCUT2D eigenvalue weighted by molar-refractivity contribution is 5.93. The first-order valence-electron chi connectivity index (χ1n) is 13.0. The van der Waals surface area contributed by atoms with Crippen molar-refractivity contribution in [2.45, 2.75) is 52.1 Å². The summed E-state index contributed by atoms with van der Waals surface area (Å²) in [4.78, 5) is 21.0. The molecule has 0 aliphatic rings. The standard InChI is InChI=1S/C31H32N4O2/c1-3-5-10-25(4-2)35-28-17-16-24(31(36)37)19-27(28)34-30(35)23-14-12-21(13-15-23)20-33-26-11-6-8-22-9-7-18-32-29(22)26/h6-9,11-19,25,33H,3-5,10,20H2,1-2H3,(H,36,37). The Balaban J connectivity index is 1.46. The van der Waals surface area contributed by atoms with E-state index >= 15 is 0 Å². The minimum atomic E-state index is -0.936. The fraction of sp³-hybridized carbons (Fsp3) is 0.258. The summed E-state index contributed by atoms with van der Waals surface area (Å²) in [6.07, 6.45) is 6.14. The summed E-state index contributed by atoms with van der Waals surface area (Å²) < 4.78 is 2.31. The van der Waals surface area contributed by atoms with Gasteiger partial charge in [0.05, 0.1) is 27.8 Å². The second-order valence-electron chi connectivity index (χ2n) is 9.45. The van der Waals surface area contributed by atoms with E-state index in [1.807, 2.05) is 24.4 Å². The maximum Gasteiger partial charge on any atom is 0.335 e. The predicted octanol–water partition coefficient (Wildman–Crippen LogP) is 7.70. The molecular weight excluding hydrogens is 460 g/mol. The van der Waals surface area contributed by atoms with E-state index in [1.165, 1.54) is 0 Å². The minimum Gasteiger partial charge on any atom is -0.478 e. The Kier molecular flexibility index (Phi) is 7.17. The van der Waals surface area contributed by atoms with Crippen LogP contribution in [0.2, 0.25) is 0 Å². The van der Waals surface area contributed by atoms with E-state index in [0.717, 1.165) is 70.3 Å². The molecule has 0 saturated carbocycles. The van der Waals surface area contributed by atoms with Crippen molar-refractivity contribution in [3.8, 4) is 11.4 Å². The van der Waals surface area contributed by atoms with Crippen LogP contribution in [0.4, 0.5) is 5.69 Å². The van der Waals surface area contributed by atoms with E-state index in [2.05, 4.69) is 71.2 Å². The number of hydrogen-bond acceptors (Lipinski definition) is 4. The molecule has 0 saturated heterocycles. The fourth-order valence-corrected chi connectivity index (χ4v) is 4.98. The number of aromatic carboxylic acids is 1. The number of fused-ring (bicyclic) bond motifs is 2. The van der Waals surface area contributed by atoms with Crippen LogP contribution in [0.15, 0.2) is 79.0 Å². The van der Waals surface area contributed by atoms with Crippen LogP contribution in [0.3, 0.4) is 0 Å². The van der Waals surface area contributed by atoms with Crippen molar-refractivity contribution in [2.24, 2.45) is 0 Å². The number of carboxylic acid groups (broad SMARTS) is 1. The molecule has 0 bridgehead atoms. The number of hydrogen-bond donors (Lipinski definition) is 2. The topological polar surface area (TPSA) is 80.0 Å². The highest BCUT2D eigenvalue weighted by atomic mass is 16.4. The Labute approximate surface area is 217 Å². The monoisotopic (exact) mass is 492 g/mol. The van der Waals surface area contributed by atoms with Gasteiger partial charge < -0.3 is 15.0 Å². The molecular formula is C31H32N4O2. The zero-order valence-electron chi connectivity index (χ0n) is 21.3. The number of rotatable bonds is 10. The van der Waals surface area contributed by atoms with Crippen LogP contribution >= 0.6 is 0 Å². The summed E-state index contributed by atoms with van der Waals surface area (Å²) in [6.45, 7) is 5.10. The molecule has 1 atom stereocenters. The van der Waals surface area contributed by atoms with Crippen molar-refractivity contribution in [3.05, 3.63) is 90.1 Å². The Morgan fingerprint density at radius 2 is 1.84 bits per heavy atom. The van der Waals surface area contributed by atoms with E-state index in [9.17, 15) is 9.90 Å². The molecule has 2 heterocycles. The number of nitrogens with zero attached hydrogens (tertiary/aromatic N) is 3. The van der Waals surface area contributed by atoms with Crippen molar-refractivity contribution in [3.63, 3.8) is 0 Å². The summed E-state index contributed by atoms with van der Waals surface area (Å²) in [5, 5.41) is 14.1. The number of unbranched alkanes of at least 4 members (excludes halogenated alkanes) is 1. The molecule has 37 heavy (non-hydrogen) atoms. The average molecular weight is 493 g/mol. The maximum absolute atomic E-state index is 11.6. The van der Waals surface area contributed by atoms with Gasteiger partial charge in [0.2, 0.25) is 0 Å². The van der Waals surface area contributed by atoms with Gasteiger partial charge in [-0.3, -0.25) is 4.98 Å². The van der Waals surface area contributed by atoms with Crippen LogP contribution < -0.4 is 5.32 Å². The SMILES string of the molecule is CCCCC(CC)n1c(-c2ccc(CNc3cccc4cccnc34)cc2)nc2cc(C(=O)O)ccc21. The van der Waals surface area contributed by atoms with Crippen molar-refractivity contribution < 1.29 is 9.90 Å². The molecule has 0 fully saturated rings. The van der Waals surface area contributed by atoms with E-state index in [-0.39, 0.29) is 5.56 Å². The summed E-state index contributed by atoms with van der Waals surface area (Å²) in [5.41, 5.74) is 6.13. The Hall–Kier alpha value is -4.19. The van der Waals surface area contributed by atoms with Gasteiger partial charge in [-0.05, 0) is 48.7 Å². The van der Waals surface area contributed by atoms with Crippen molar-refractivity contribution in [1.29, 1.82) is 0 Å². The number of carbonyl (C=O) groups is 1. The number of para-hydroxylation sites is 1. The number of benzene rings is 3. The van der Waals surface area contributed by atoms with Gasteiger partial charge in [-0.2, -0.15) is 0 Å². The molecule has 188 valence electrons. The Morgan fingerprint density at radius 3 is 2.59 bits per heavy atom. The van der Waals surface area contributed by atoms with E-state index in [1.54, 1.807) is 12.1 Å². The highest BCUT2D eigenvalue weighted by Gasteiger charge is 2.20. The molecule has 0 radical (unpaired) electrons. The summed E-state index contributed by atoms with van der Waals surface area (Å²) in [5.74, 6) is -0.0486. The summed E-state index contributed by atoms with van der Waals surface area (Å²) >= 11 is 0. The molecule has 1 unspecified atom stereocenters. The van der Waals surface area contributed by atoms with Gasteiger partial charge in [0.15, 0.2) is 0 Å². The van der Waals surface area contributed by atoms with Crippen LogP contribution in [-0.2, 0) is 6.54 Å². The molecule has 6 nitrogen and oxygen atoms in total. The Bertz CT molecular complexity index is 1530. The van der Waals surface area contributed by atoms with E-state index in [0.29, 0.717) is 12.6 Å². The third-order valence-electron chi connectivity index (χ3n) is 6.99. The minimum absolute atomic E-state index is 0.259. The summed E-state index contributed by atoms with van der Waals surface area (Å²) in [7, 11) is 0. The van der Waals surface area contributed by atoms with Crippen LogP contribution in [0.1, 0.15) is 61.5 Å². The molecule has 3 aromatic carbocycles. The van der Waals surface area contributed by atoms with Gasteiger partial charge in [-0.1, -0.05) is 69.2 Å². The molecule has 2 N–H and O–H groups in total. The first-order valence-corrected chi connectivity index (χ1v) is 13.0. The lowest BCUT2D eigenvalue weighted by Crippen LogP contribution is -2.10. The fourth-order valence-electron chi connectivity index (χ4n) is 4.98. The lowest BCUT2D eigenvalue weighted by molar-refractivity contribution is 0.0697. The second-order valence-corrected chi connectivity index (χ2v) is 9.45. The predicted molar refractivity (Wildman–Crippen MR) is 150 cm³/mol. The maximum atomic E-state index is 11.6. The van der Waals surface area contributed by atoms with Gasteiger partial charge in [-0.25, -0.2) is 9.78 Å². The van der Waals surface area contributed by atoms with E-state index in [4.69, 9.17) is 4.98 Å². The zero-order valence-corrected chi connectivity index (χ0v) is 21.3. The number of nitrogens with one attached hydrogen (secondary N) is 1. The molecule has 5 rings (SSSR count). The molecule has 0 spiro atoms. The first kappa shape index (κ1) is 24.5. The van der Waals surface area contributed by atoms with Gasteiger partial charge in [-0.15, -0.1) is 0 Å². The van der Waals surface area contributed by atoms with Crippen LogP contribution in [0.25, 0.3) is 33.3 Å². The summed E-state index contributed by atoms with van der Waals surface area (Å²) in [6, 6.07) is 24.2. The zero-order chi connectivity index (χ0) is 25.8. The van der Waals surface area contributed by atoms with Gasteiger partial charge in [0, 0.05) is 29.7 Å². The number of anilines is 1. The largest absolute Gasteiger partial charge is 0.478 e. The number of carboxylic acids is 1. The first-order chi connectivity index (χ1) is 18.1. The number of aromatic nitrogens is 3. The van der Waals surface area contributed by atoms with Crippen LogP contribution in [0.5, 0.6) is 0 Å². The smallest absolute Gasteiger partial charge is 0.335 e. The van der Waals surface area contributed by atoms with E-state index < -0.39 is 5.97 Å². The molecule has 0 aliphatic carbocycles. The molecule has 5 aromatic rings. The normalized spacial score (nSPS) is 12.2. The number of pyridine rings is 1. The third kappa shape index (κ3) is 5.05. The molecule has 0 aliphatic heterocycles. The van der Waals surface area contributed by atoms with Gasteiger partial charge in [0.1, 0.15) is 5.82 Å². The second kappa shape index (κ2) is 10.8. The Morgan fingerprint density at radius 1 is 1.03 bits per heavy atom. The highest BCUT2D eigenvalue weighted by Crippen LogP contribution is 2.33. The van der Waals surface area contributed by atoms with Crippen molar-refractivity contribution in [1.82, 2.24) is 14.5 Å². The average Bonchev–Trinajstić information content (AvgIpc) is 3.31. The lowest BCUT2D eigenvalue weighted by Gasteiger charge is -2.21. The van der Waals surface area contributed by atoms with Crippen LogP contribution in [0, 0.1) is 0 Å². The van der Waals surface area contributed by atoms with Crippen molar-refractivity contribution >= 4 is 33.6 Å². The quantitative estimate of drug-likeness (QED) is 0.209.